The van der Waals surface area contributed by atoms with Gasteiger partial charge in [-0.05, 0) is 19.1 Å². The molecule has 1 unspecified atom stereocenters. The maximum Gasteiger partial charge on any atom is 0.327 e. The minimum Gasteiger partial charge on any atom is -0.493 e. The van der Waals surface area contributed by atoms with Gasteiger partial charge in [-0.2, -0.15) is 0 Å². The van der Waals surface area contributed by atoms with E-state index in [1.165, 1.54) is 62.9 Å². The molecule has 0 aliphatic heterocycles. The van der Waals surface area contributed by atoms with Crippen LogP contribution in [-0.4, -0.2) is 49.7 Å². The fourth-order valence-electron chi connectivity index (χ4n) is 2.94. The Bertz CT molecular complexity index is 1310. The average molecular weight is 494 g/mol. The molecule has 1 N–H and O–H groups in total. The zero-order valence-corrected chi connectivity index (χ0v) is 19.3. The lowest BCUT2D eigenvalue weighted by atomic mass is 10.1. The number of methoxy groups -OCH3 is 2. The van der Waals surface area contributed by atoms with Gasteiger partial charge in [0.05, 0.1) is 29.7 Å². The normalized spacial score (nSPS) is 12.1. The molecule has 33 heavy (non-hydrogen) atoms. The van der Waals surface area contributed by atoms with Crippen LogP contribution in [0.4, 0.5) is 10.8 Å². The number of nitro groups is 1. The van der Waals surface area contributed by atoms with Crippen molar-refractivity contribution in [2.24, 2.45) is 0 Å². The summed E-state index contributed by atoms with van der Waals surface area (Å²) in [7, 11) is -1.65. The van der Waals surface area contributed by atoms with Gasteiger partial charge in [0.2, 0.25) is 5.13 Å². The van der Waals surface area contributed by atoms with Crippen molar-refractivity contribution in [2.75, 3.05) is 18.5 Å². The number of nitro benzene ring substituents is 1. The Balaban J connectivity index is 2.11. The zero-order chi connectivity index (χ0) is 24.3. The van der Waals surface area contributed by atoms with Crippen molar-refractivity contribution < 1.29 is 32.7 Å². The van der Waals surface area contributed by atoms with Gasteiger partial charge in [-0.1, -0.05) is 12.1 Å². The molecule has 13 heteroatoms. The fraction of sp³-hybridized carbons (Fsp3) is 0.200. The van der Waals surface area contributed by atoms with Gasteiger partial charge < -0.3 is 14.6 Å². The maximum absolute atomic E-state index is 13.5. The molecule has 0 fully saturated rings. The summed E-state index contributed by atoms with van der Waals surface area (Å²) in [4.78, 5) is 26.3. The van der Waals surface area contributed by atoms with Gasteiger partial charge in [0, 0.05) is 29.1 Å². The number of carboxylic acids is 1. The highest BCUT2D eigenvalue weighted by Gasteiger charge is 2.36. The number of hydrogen-bond donors (Lipinski definition) is 1. The van der Waals surface area contributed by atoms with Crippen molar-refractivity contribution in [3.8, 4) is 22.8 Å². The Kier molecular flexibility index (Phi) is 6.84. The summed E-state index contributed by atoms with van der Waals surface area (Å²) in [5.74, 6) is -0.930. The van der Waals surface area contributed by atoms with Gasteiger partial charge in [-0.3, -0.25) is 10.1 Å². The molecule has 0 aliphatic rings. The molecule has 1 atom stereocenters. The Morgan fingerprint density at radius 3 is 2.48 bits per heavy atom. The number of carbonyl (C=O) groups is 1. The first-order chi connectivity index (χ1) is 15.6. The summed E-state index contributed by atoms with van der Waals surface area (Å²) in [5, 5.41) is 22.0. The molecule has 1 aromatic heterocycles. The molecule has 11 nitrogen and oxygen atoms in total. The molecule has 0 radical (unpaired) electrons. The van der Waals surface area contributed by atoms with E-state index in [0.717, 1.165) is 11.3 Å². The van der Waals surface area contributed by atoms with Crippen molar-refractivity contribution in [3.63, 3.8) is 0 Å². The van der Waals surface area contributed by atoms with E-state index in [1.54, 1.807) is 6.07 Å². The number of nitrogens with zero attached hydrogens (tertiary/aromatic N) is 3. The van der Waals surface area contributed by atoms with Gasteiger partial charge in [0.15, 0.2) is 11.5 Å². The lowest BCUT2D eigenvalue weighted by Crippen LogP contribution is -2.43. The third-order valence-corrected chi connectivity index (χ3v) is 7.47. The average Bonchev–Trinajstić information content (AvgIpc) is 3.27. The van der Waals surface area contributed by atoms with Crippen LogP contribution in [0.3, 0.4) is 0 Å². The van der Waals surface area contributed by atoms with Crippen molar-refractivity contribution >= 4 is 38.1 Å². The first-order valence-corrected chi connectivity index (χ1v) is 11.6. The van der Waals surface area contributed by atoms with Crippen LogP contribution >= 0.6 is 11.3 Å². The van der Waals surface area contributed by atoms with Gasteiger partial charge in [-0.15, -0.1) is 11.3 Å². The van der Waals surface area contributed by atoms with Crippen LogP contribution in [0.2, 0.25) is 0 Å². The number of hydrogen-bond acceptors (Lipinski definition) is 9. The molecule has 0 spiro atoms. The van der Waals surface area contributed by atoms with Crippen LogP contribution in [-0.2, 0) is 14.8 Å². The highest BCUT2D eigenvalue weighted by molar-refractivity contribution is 7.93. The Hall–Kier alpha value is -3.71. The van der Waals surface area contributed by atoms with E-state index < -0.39 is 27.0 Å². The topological polar surface area (TPSA) is 149 Å². The fourth-order valence-corrected chi connectivity index (χ4v) is 5.66. The quantitative estimate of drug-likeness (QED) is 0.349. The van der Waals surface area contributed by atoms with Crippen LogP contribution in [0.1, 0.15) is 6.92 Å². The summed E-state index contributed by atoms with van der Waals surface area (Å²) < 4.78 is 37.9. The van der Waals surface area contributed by atoms with Gasteiger partial charge in [0.25, 0.3) is 15.7 Å². The first kappa shape index (κ1) is 23.9. The number of rotatable bonds is 9. The van der Waals surface area contributed by atoms with Crippen molar-refractivity contribution in [3.05, 3.63) is 58.0 Å². The Morgan fingerprint density at radius 2 is 1.88 bits per heavy atom. The molecule has 0 saturated heterocycles. The van der Waals surface area contributed by atoms with Crippen molar-refractivity contribution in [2.45, 2.75) is 17.9 Å². The second-order valence-electron chi connectivity index (χ2n) is 6.65. The molecule has 0 aliphatic carbocycles. The molecule has 0 bridgehead atoms. The minimum absolute atomic E-state index is 0.110. The van der Waals surface area contributed by atoms with E-state index in [0.29, 0.717) is 15.6 Å². The number of sulfonamides is 1. The van der Waals surface area contributed by atoms with Gasteiger partial charge in [-0.25, -0.2) is 22.5 Å². The Morgan fingerprint density at radius 1 is 1.18 bits per heavy atom. The first-order valence-electron chi connectivity index (χ1n) is 9.29. The highest BCUT2D eigenvalue weighted by atomic mass is 32.2. The van der Waals surface area contributed by atoms with Crippen LogP contribution in [0.15, 0.2) is 52.7 Å². The van der Waals surface area contributed by atoms with E-state index in [9.17, 15) is 28.4 Å². The molecular weight excluding hydrogens is 474 g/mol. The predicted molar refractivity (Wildman–Crippen MR) is 121 cm³/mol. The van der Waals surface area contributed by atoms with E-state index in [2.05, 4.69) is 4.98 Å². The lowest BCUT2D eigenvalue weighted by Gasteiger charge is -2.25. The Labute approximate surface area is 193 Å². The SMILES string of the molecule is COc1ccc(S(=O)(=O)N(c2nc(-c3cccc([N+](=O)[O-])c3)cs2)C(C)C(=O)O)cc1OC. The third-order valence-electron chi connectivity index (χ3n) is 4.65. The van der Waals surface area contributed by atoms with E-state index in [1.807, 2.05) is 0 Å². The molecular formula is C20H19N3O8S2. The third kappa shape index (κ3) is 4.73. The maximum atomic E-state index is 13.5. The summed E-state index contributed by atoms with van der Waals surface area (Å²) in [6, 6.07) is 8.07. The molecule has 3 rings (SSSR count). The molecule has 1 heterocycles. The number of benzene rings is 2. The number of non-ortho nitro benzene ring substituents is 1. The molecule has 3 aromatic rings. The highest BCUT2D eigenvalue weighted by Crippen LogP contribution is 2.36. The van der Waals surface area contributed by atoms with Gasteiger partial charge in [0.1, 0.15) is 6.04 Å². The largest absolute Gasteiger partial charge is 0.493 e. The number of carboxylic acid groups (broad SMARTS) is 1. The van der Waals surface area contributed by atoms with Crippen LogP contribution in [0, 0.1) is 10.1 Å². The molecule has 174 valence electrons. The summed E-state index contributed by atoms with van der Waals surface area (Å²) in [6.07, 6.45) is 0. The molecule has 2 aromatic carbocycles. The summed E-state index contributed by atoms with van der Waals surface area (Å²) in [6.45, 7) is 1.22. The number of ether oxygens (including phenoxy) is 2. The van der Waals surface area contributed by atoms with E-state index >= 15 is 0 Å². The van der Waals surface area contributed by atoms with E-state index in [4.69, 9.17) is 9.47 Å². The van der Waals surface area contributed by atoms with Crippen molar-refractivity contribution in [1.82, 2.24) is 4.98 Å². The minimum atomic E-state index is -4.39. The number of anilines is 1. The molecule has 0 saturated carbocycles. The zero-order valence-electron chi connectivity index (χ0n) is 17.7. The summed E-state index contributed by atoms with van der Waals surface area (Å²) in [5.41, 5.74) is 0.498. The lowest BCUT2D eigenvalue weighted by molar-refractivity contribution is -0.384. The second kappa shape index (κ2) is 9.42. The second-order valence-corrected chi connectivity index (χ2v) is 9.31. The van der Waals surface area contributed by atoms with Crippen molar-refractivity contribution in [1.29, 1.82) is 0 Å². The standard InChI is InChI=1S/C20H19N3O8S2/c1-12(19(24)25)22(33(28,29)15-7-8-17(30-2)18(10-15)31-3)20-21-16(11-32-20)13-5-4-6-14(9-13)23(26)27/h4-12H,1-3H3,(H,24,25). The monoisotopic (exact) mass is 493 g/mol. The van der Waals surface area contributed by atoms with Crippen LogP contribution in [0.25, 0.3) is 11.3 Å². The number of aliphatic carboxylic acids is 1. The number of thiazole rings is 1. The predicted octanol–water partition coefficient (Wildman–Crippen LogP) is 3.40. The van der Waals surface area contributed by atoms with Crippen LogP contribution in [0.5, 0.6) is 11.5 Å². The molecule has 0 amide bonds. The van der Waals surface area contributed by atoms with E-state index in [-0.39, 0.29) is 27.2 Å². The van der Waals surface area contributed by atoms with Crippen LogP contribution < -0.4 is 13.8 Å². The smallest absolute Gasteiger partial charge is 0.327 e. The van der Waals surface area contributed by atoms with Gasteiger partial charge >= 0.3 is 5.97 Å². The summed E-state index contributed by atoms with van der Waals surface area (Å²) >= 11 is 0.898. The number of aromatic nitrogens is 1.